The molecule has 2 amide bonds. The Hall–Kier alpha value is -3.13. The van der Waals surface area contributed by atoms with Crippen LogP contribution in [0.25, 0.3) is 6.08 Å². The van der Waals surface area contributed by atoms with E-state index in [9.17, 15) is 14.4 Å². The van der Waals surface area contributed by atoms with Crippen LogP contribution in [0.1, 0.15) is 22.3 Å². The number of nitrogens with one attached hydrogen (secondary N) is 2. The molecule has 0 radical (unpaired) electrons. The molecule has 0 saturated heterocycles. The first kappa shape index (κ1) is 21.2. The molecule has 0 fully saturated rings. The first-order chi connectivity index (χ1) is 13.4. The maximum absolute atomic E-state index is 12.7. The van der Waals surface area contributed by atoms with Gasteiger partial charge in [-0.05, 0) is 35.9 Å². The van der Waals surface area contributed by atoms with E-state index in [0.717, 1.165) is 4.47 Å². The molecule has 0 spiro atoms. The summed E-state index contributed by atoms with van der Waals surface area (Å²) in [6.45, 7) is -0.0592. The molecule has 2 aromatic rings. The van der Waals surface area contributed by atoms with Crippen LogP contribution in [0, 0.1) is 0 Å². The van der Waals surface area contributed by atoms with Gasteiger partial charge in [0.05, 0.1) is 19.1 Å². The lowest BCUT2D eigenvalue weighted by atomic mass is 10.1. The highest BCUT2D eigenvalue weighted by Crippen LogP contribution is 2.18. The van der Waals surface area contributed by atoms with Crippen molar-refractivity contribution in [3.63, 3.8) is 0 Å². The molecule has 0 aliphatic carbocycles. The van der Waals surface area contributed by atoms with Crippen LogP contribution in [0.2, 0.25) is 0 Å². The van der Waals surface area contributed by atoms with Crippen LogP contribution in [0.15, 0.2) is 58.7 Å². The van der Waals surface area contributed by atoms with Gasteiger partial charge < -0.3 is 20.5 Å². The second-order valence-electron chi connectivity index (χ2n) is 5.66. The first-order valence-electron chi connectivity index (χ1n) is 8.32. The zero-order valence-electron chi connectivity index (χ0n) is 15.1. The summed E-state index contributed by atoms with van der Waals surface area (Å²) < 4.78 is 6.05. The molecule has 0 heterocycles. The van der Waals surface area contributed by atoms with E-state index in [1.807, 2.05) is 0 Å². The third-order valence-electron chi connectivity index (χ3n) is 3.65. The second kappa shape index (κ2) is 10.3. The number of para-hydroxylation sites is 1. The van der Waals surface area contributed by atoms with Crippen molar-refractivity contribution in [2.75, 3.05) is 13.7 Å². The standard InChI is InChI=1S/C20H19BrN2O5/c1-28-17-5-3-2-4-15(17)19(26)23-16(20(27)22-11-10-18(24)25)12-13-6-8-14(21)9-7-13/h2-9,12H,10-11H2,1H3,(H,22,27)(H,23,26)(H,24,25)/b16-12-. The van der Waals surface area contributed by atoms with Gasteiger partial charge in [-0.1, -0.05) is 40.2 Å². The molecular weight excluding hydrogens is 428 g/mol. The average molecular weight is 447 g/mol. The van der Waals surface area contributed by atoms with Gasteiger partial charge in [-0.25, -0.2) is 0 Å². The number of carboxylic acid groups (broad SMARTS) is 1. The van der Waals surface area contributed by atoms with E-state index in [4.69, 9.17) is 9.84 Å². The van der Waals surface area contributed by atoms with Crippen LogP contribution in [0.3, 0.4) is 0 Å². The number of benzene rings is 2. The van der Waals surface area contributed by atoms with Gasteiger partial charge in [0, 0.05) is 11.0 Å². The van der Waals surface area contributed by atoms with Gasteiger partial charge in [0.1, 0.15) is 11.4 Å². The summed E-state index contributed by atoms with van der Waals surface area (Å²) in [5.41, 5.74) is 0.945. The van der Waals surface area contributed by atoms with Gasteiger partial charge in [0.15, 0.2) is 0 Å². The summed E-state index contributed by atoms with van der Waals surface area (Å²) >= 11 is 3.34. The molecule has 0 aliphatic heterocycles. The third-order valence-corrected chi connectivity index (χ3v) is 4.18. The monoisotopic (exact) mass is 446 g/mol. The highest BCUT2D eigenvalue weighted by atomic mass is 79.9. The number of ether oxygens (including phenoxy) is 1. The van der Waals surface area contributed by atoms with Gasteiger partial charge in [-0.15, -0.1) is 0 Å². The molecule has 28 heavy (non-hydrogen) atoms. The van der Waals surface area contributed by atoms with E-state index in [2.05, 4.69) is 26.6 Å². The van der Waals surface area contributed by atoms with Gasteiger partial charge in [-0.3, -0.25) is 14.4 Å². The maximum atomic E-state index is 12.7. The van der Waals surface area contributed by atoms with Gasteiger partial charge >= 0.3 is 5.97 Å². The topological polar surface area (TPSA) is 105 Å². The Morgan fingerprint density at radius 2 is 1.79 bits per heavy atom. The van der Waals surface area contributed by atoms with E-state index in [0.29, 0.717) is 11.3 Å². The minimum absolute atomic E-state index is 0.0105. The minimum atomic E-state index is -1.03. The number of amides is 2. The highest BCUT2D eigenvalue weighted by molar-refractivity contribution is 9.10. The smallest absolute Gasteiger partial charge is 0.305 e. The molecule has 146 valence electrons. The largest absolute Gasteiger partial charge is 0.496 e. The third kappa shape index (κ3) is 6.24. The molecule has 0 aromatic heterocycles. The number of hydrogen-bond donors (Lipinski definition) is 3. The Bertz CT molecular complexity index is 894. The summed E-state index contributed by atoms with van der Waals surface area (Å²) in [5.74, 6) is -1.77. The minimum Gasteiger partial charge on any atom is -0.496 e. The van der Waals surface area contributed by atoms with Gasteiger partial charge in [0.25, 0.3) is 11.8 Å². The number of carboxylic acids is 1. The molecule has 3 N–H and O–H groups in total. The zero-order valence-corrected chi connectivity index (χ0v) is 16.7. The number of hydrogen-bond acceptors (Lipinski definition) is 4. The van der Waals surface area contributed by atoms with E-state index in [1.54, 1.807) is 48.5 Å². The van der Waals surface area contributed by atoms with Gasteiger partial charge in [-0.2, -0.15) is 0 Å². The molecule has 0 unspecified atom stereocenters. The Balaban J connectivity index is 2.26. The number of methoxy groups -OCH3 is 1. The van der Waals surface area contributed by atoms with Crippen LogP contribution < -0.4 is 15.4 Å². The summed E-state index contributed by atoms with van der Waals surface area (Å²) in [7, 11) is 1.45. The second-order valence-corrected chi connectivity index (χ2v) is 6.58. The number of carbonyl (C=O) groups is 3. The molecule has 0 saturated carbocycles. The van der Waals surface area contributed by atoms with Crippen LogP contribution in [-0.4, -0.2) is 36.5 Å². The van der Waals surface area contributed by atoms with E-state index >= 15 is 0 Å². The van der Waals surface area contributed by atoms with Crippen LogP contribution in [0.4, 0.5) is 0 Å². The summed E-state index contributed by atoms with van der Waals surface area (Å²) in [6, 6.07) is 13.8. The summed E-state index contributed by atoms with van der Waals surface area (Å²) in [5, 5.41) is 13.8. The predicted octanol–water partition coefficient (Wildman–Crippen LogP) is 2.82. The van der Waals surface area contributed by atoms with Crippen LogP contribution in [0.5, 0.6) is 5.75 Å². The first-order valence-corrected chi connectivity index (χ1v) is 9.11. The van der Waals surface area contributed by atoms with E-state index in [1.165, 1.54) is 13.2 Å². The average Bonchev–Trinajstić information content (AvgIpc) is 2.68. The Morgan fingerprint density at radius 3 is 2.43 bits per heavy atom. The Morgan fingerprint density at radius 1 is 1.11 bits per heavy atom. The molecule has 7 nitrogen and oxygen atoms in total. The van der Waals surface area contributed by atoms with Crippen LogP contribution in [-0.2, 0) is 9.59 Å². The van der Waals surface area contributed by atoms with Gasteiger partial charge in [0.2, 0.25) is 0 Å². The molecule has 2 rings (SSSR count). The van der Waals surface area contributed by atoms with Crippen molar-refractivity contribution in [2.45, 2.75) is 6.42 Å². The zero-order chi connectivity index (χ0) is 20.5. The van der Waals surface area contributed by atoms with Crippen LogP contribution >= 0.6 is 15.9 Å². The number of rotatable bonds is 8. The SMILES string of the molecule is COc1ccccc1C(=O)N/C(=C\c1ccc(Br)cc1)C(=O)NCCC(=O)O. The van der Waals surface area contributed by atoms with Crippen molar-refractivity contribution >= 4 is 39.8 Å². The van der Waals surface area contributed by atoms with Crippen molar-refractivity contribution in [1.82, 2.24) is 10.6 Å². The normalized spacial score (nSPS) is 10.9. The molecular formula is C20H19BrN2O5. The lowest BCUT2D eigenvalue weighted by Gasteiger charge is -2.12. The van der Waals surface area contributed by atoms with Crippen molar-refractivity contribution in [1.29, 1.82) is 0 Å². The number of halogens is 1. The molecule has 2 aromatic carbocycles. The predicted molar refractivity (Wildman–Crippen MR) is 108 cm³/mol. The van der Waals surface area contributed by atoms with Crippen molar-refractivity contribution in [3.8, 4) is 5.75 Å². The number of carbonyl (C=O) groups excluding carboxylic acids is 2. The lowest BCUT2D eigenvalue weighted by molar-refractivity contribution is -0.136. The highest BCUT2D eigenvalue weighted by Gasteiger charge is 2.17. The van der Waals surface area contributed by atoms with Crippen molar-refractivity contribution in [3.05, 3.63) is 69.8 Å². The fraction of sp³-hybridized carbons (Fsp3) is 0.150. The quantitative estimate of drug-likeness (QED) is 0.540. The van der Waals surface area contributed by atoms with Crippen molar-refractivity contribution in [2.24, 2.45) is 0 Å². The van der Waals surface area contributed by atoms with Crippen molar-refractivity contribution < 1.29 is 24.2 Å². The summed E-state index contributed by atoms with van der Waals surface area (Å²) in [4.78, 5) is 35.8. The van der Waals surface area contributed by atoms with E-state index in [-0.39, 0.29) is 24.2 Å². The lowest BCUT2D eigenvalue weighted by Crippen LogP contribution is -2.35. The molecule has 8 heteroatoms. The number of aliphatic carboxylic acids is 1. The Kier molecular flexibility index (Phi) is 7.76. The molecule has 0 bridgehead atoms. The summed E-state index contributed by atoms with van der Waals surface area (Å²) in [6.07, 6.45) is 1.29. The Labute approximate surface area is 170 Å². The fourth-order valence-corrected chi connectivity index (χ4v) is 2.55. The fourth-order valence-electron chi connectivity index (χ4n) is 2.28. The molecule has 0 atom stereocenters. The molecule has 0 aliphatic rings. The maximum Gasteiger partial charge on any atom is 0.305 e. The van der Waals surface area contributed by atoms with E-state index < -0.39 is 17.8 Å².